The molecule has 1 fully saturated rings. The summed E-state index contributed by atoms with van der Waals surface area (Å²) in [5, 5.41) is 16.0. The number of H-pyrrole nitrogens is 1. The van der Waals surface area contributed by atoms with Gasteiger partial charge in [0.2, 0.25) is 11.8 Å². The van der Waals surface area contributed by atoms with Crippen molar-refractivity contribution in [2.75, 3.05) is 13.1 Å². The fraction of sp³-hybridized carbons (Fsp3) is 0.667. The second-order valence-electron chi connectivity index (χ2n) is 3.98. The number of nitrogens with one attached hydrogen (secondary N) is 2. The summed E-state index contributed by atoms with van der Waals surface area (Å²) in [6, 6.07) is -0.320. The first-order valence-corrected chi connectivity index (χ1v) is 5.47. The maximum absolute atomic E-state index is 11.7. The maximum atomic E-state index is 11.7. The number of carbonyl (C=O) groups excluding carboxylic acids is 2. The predicted molar refractivity (Wildman–Crippen MR) is 56.5 cm³/mol. The van der Waals surface area contributed by atoms with E-state index in [1.54, 1.807) is 11.8 Å². The number of rotatable bonds is 4. The van der Waals surface area contributed by atoms with Crippen LogP contribution in [0, 0.1) is 0 Å². The lowest BCUT2D eigenvalue weighted by Crippen LogP contribution is -2.39. The summed E-state index contributed by atoms with van der Waals surface area (Å²) in [5.74, 6) is 0.246. The highest BCUT2D eigenvalue weighted by Crippen LogP contribution is 2.09. The van der Waals surface area contributed by atoms with E-state index in [-0.39, 0.29) is 24.4 Å². The van der Waals surface area contributed by atoms with Crippen LogP contribution in [-0.2, 0) is 9.59 Å². The Bertz CT molecular complexity index is 404. The number of carbonyl (C=O) groups is 2. The minimum absolute atomic E-state index is 0.0346. The van der Waals surface area contributed by atoms with Crippen LogP contribution < -0.4 is 5.32 Å². The average Bonchev–Trinajstić information content (AvgIpc) is 2.90. The number of aromatic nitrogens is 4. The molecule has 0 spiro atoms. The Labute approximate surface area is 97.8 Å². The molecule has 0 aliphatic carbocycles. The van der Waals surface area contributed by atoms with Crippen LogP contribution in [0.2, 0.25) is 0 Å². The smallest absolute Gasteiger partial charge is 0.240 e. The minimum atomic E-state index is -0.320. The van der Waals surface area contributed by atoms with Crippen molar-refractivity contribution in [3.63, 3.8) is 0 Å². The first kappa shape index (κ1) is 11.5. The summed E-state index contributed by atoms with van der Waals surface area (Å²) < 4.78 is 0. The van der Waals surface area contributed by atoms with E-state index in [1.165, 1.54) is 0 Å². The van der Waals surface area contributed by atoms with Crippen molar-refractivity contribution in [3.05, 3.63) is 5.82 Å². The summed E-state index contributed by atoms with van der Waals surface area (Å²) in [4.78, 5) is 24.5. The molecule has 0 radical (unpaired) electrons. The molecule has 1 atom stereocenters. The summed E-state index contributed by atoms with van der Waals surface area (Å²) in [5.41, 5.74) is 0. The second kappa shape index (κ2) is 4.89. The number of tetrazole rings is 1. The van der Waals surface area contributed by atoms with E-state index in [1.807, 2.05) is 0 Å². The number of likely N-dealkylation sites (tertiary alicyclic amines) is 1. The third-order valence-corrected chi connectivity index (χ3v) is 2.63. The Balaban J connectivity index is 1.83. The first-order valence-electron chi connectivity index (χ1n) is 5.47. The lowest BCUT2D eigenvalue weighted by Gasteiger charge is -2.16. The van der Waals surface area contributed by atoms with Crippen molar-refractivity contribution < 1.29 is 9.59 Å². The third-order valence-electron chi connectivity index (χ3n) is 2.63. The van der Waals surface area contributed by atoms with Crippen LogP contribution >= 0.6 is 0 Å². The largest absolute Gasteiger partial charge is 0.345 e. The second-order valence-corrected chi connectivity index (χ2v) is 3.98. The van der Waals surface area contributed by atoms with Crippen LogP contribution in [0.5, 0.6) is 0 Å². The standard InChI is InChI=1S/C9H14N6O2/c1-6(9-11-13-14-12-9)10-7(16)5-15-4-2-3-8(15)17/h6H,2-5H2,1H3,(H,10,16)(H,11,12,13,14). The predicted octanol–water partition coefficient (Wildman–Crippen LogP) is -1.00. The molecular formula is C9H14N6O2. The Morgan fingerprint density at radius 1 is 1.65 bits per heavy atom. The van der Waals surface area contributed by atoms with Crippen LogP contribution in [0.15, 0.2) is 0 Å². The minimum Gasteiger partial charge on any atom is -0.345 e. The van der Waals surface area contributed by atoms with Crippen LogP contribution in [0.4, 0.5) is 0 Å². The van der Waals surface area contributed by atoms with Gasteiger partial charge in [-0.3, -0.25) is 9.59 Å². The highest BCUT2D eigenvalue weighted by Gasteiger charge is 2.23. The molecule has 0 bridgehead atoms. The number of hydrogen-bond donors (Lipinski definition) is 2. The molecule has 8 heteroatoms. The van der Waals surface area contributed by atoms with Gasteiger partial charge in [-0.25, -0.2) is 0 Å². The van der Waals surface area contributed by atoms with Crippen LogP contribution in [0.1, 0.15) is 31.6 Å². The highest BCUT2D eigenvalue weighted by molar-refractivity contribution is 5.85. The molecule has 0 aromatic carbocycles. The topological polar surface area (TPSA) is 104 Å². The van der Waals surface area contributed by atoms with Gasteiger partial charge < -0.3 is 10.2 Å². The number of hydrogen-bond acceptors (Lipinski definition) is 5. The van der Waals surface area contributed by atoms with E-state index >= 15 is 0 Å². The molecule has 1 aromatic heterocycles. The van der Waals surface area contributed by atoms with E-state index in [0.717, 1.165) is 6.42 Å². The molecule has 1 unspecified atom stereocenters. The quantitative estimate of drug-likeness (QED) is 0.700. The summed E-state index contributed by atoms with van der Waals surface area (Å²) in [6.07, 6.45) is 1.36. The molecule has 2 heterocycles. The molecule has 0 saturated carbocycles. The number of nitrogens with zero attached hydrogens (tertiary/aromatic N) is 4. The van der Waals surface area contributed by atoms with E-state index in [2.05, 4.69) is 25.9 Å². The number of amides is 2. The average molecular weight is 238 g/mol. The van der Waals surface area contributed by atoms with Gasteiger partial charge in [-0.15, -0.1) is 10.2 Å². The van der Waals surface area contributed by atoms with Crippen LogP contribution in [0.3, 0.4) is 0 Å². The molecule has 2 rings (SSSR count). The number of aromatic amines is 1. The van der Waals surface area contributed by atoms with Crippen molar-refractivity contribution in [2.45, 2.75) is 25.8 Å². The van der Waals surface area contributed by atoms with Crippen molar-refractivity contribution in [1.29, 1.82) is 0 Å². The molecule has 1 saturated heterocycles. The Morgan fingerprint density at radius 2 is 2.47 bits per heavy atom. The summed E-state index contributed by atoms with van der Waals surface area (Å²) in [6.45, 7) is 2.51. The molecule has 1 aromatic rings. The van der Waals surface area contributed by atoms with E-state index in [4.69, 9.17) is 0 Å². The molecular weight excluding hydrogens is 224 g/mol. The van der Waals surface area contributed by atoms with Gasteiger partial charge in [0.05, 0.1) is 12.6 Å². The van der Waals surface area contributed by atoms with Crippen molar-refractivity contribution in [3.8, 4) is 0 Å². The maximum Gasteiger partial charge on any atom is 0.240 e. The SMILES string of the molecule is CC(NC(=O)CN1CCCC1=O)c1nn[nH]n1. The van der Waals surface area contributed by atoms with Crippen molar-refractivity contribution >= 4 is 11.8 Å². The zero-order chi connectivity index (χ0) is 12.3. The summed E-state index contributed by atoms with van der Waals surface area (Å²) in [7, 11) is 0. The molecule has 17 heavy (non-hydrogen) atoms. The summed E-state index contributed by atoms with van der Waals surface area (Å²) >= 11 is 0. The van der Waals surface area contributed by atoms with Gasteiger partial charge in [-0.1, -0.05) is 5.21 Å². The fourth-order valence-electron chi connectivity index (χ4n) is 1.75. The van der Waals surface area contributed by atoms with Crippen LogP contribution in [-0.4, -0.2) is 50.4 Å². The van der Waals surface area contributed by atoms with Crippen molar-refractivity contribution in [2.24, 2.45) is 0 Å². The van der Waals surface area contributed by atoms with E-state index in [9.17, 15) is 9.59 Å². The fourth-order valence-corrected chi connectivity index (χ4v) is 1.75. The van der Waals surface area contributed by atoms with Gasteiger partial charge in [0.25, 0.3) is 0 Å². The molecule has 2 amide bonds. The van der Waals surface area contributed by atoms with Gasteiger partial charge in [0.15, 0.2) is 5.82 Å². The van der Waals surface area contributed by atoms with E-state index in [0.29, 0.717) is 18.8 Å². The van der Waals surface area contributed by atoms with Crippen LogP contribution in [0.25, 0.3) is 0 Å². The van der Waals surface area contributed by atoms with Gasteiger partial charge in [0, 0.05) is 13.0 Å². The van der Waals surface area contributed by atoms with Gasteiger partial charge in [-0.2, -0.15) is 5.21 Å². The molecule has 8 nitrogen and oxygen atoms in total. The Morgan fingerprint density at radius 3 is 3.06 bits per heavy atom. The normalized spacial score (nSPS) is 17.2. The molecule has 2 N–H and O–H groups in total. The lowest BCUT2D eigenvalue weighted by molar-refractivity contribution is -0.133. The zero-order valence-electron chi connectivity index (χ0n) is 9.51. The Hall–Kier alpha value is -1.99. The van der Waals surface area contributed by atoms with Gasteiger partial charge >= 0.3 is 0 Å². The molecule has 1 aliphatic rings. The molecule has 1 aliphatic heterocycles. The third kappa shape index (κ3) is 2.77. The first-order chi connectivity index (χ1) is 8.16. The highest BCUT2D eigenvalue weighted by atomic mass is 16.2. The van der Waals surface area contributed by atoms with Gasteiger partial charge in [-0.05, 0) is 13.3 Å². The lowest BCUT2D eigenvalue weighted by atomic mass is 10.3. The monoisotopic (exact) mass is 238 g/mol. The van der Waals surface area contributed by atoms with Gasteiger partial charge in [0.1, 0.15) is 0 Å². The van der Waals surface area contributed by atoms with E-state index < -0.39 is 0 Å². The van der Waals surface area contributed by atoms with Crippen molar-refractivity contribution in [1.82, 2.24) is 30.8 Å². The molecule has 92 valence electrons. The zero-order valence-corrected chi connectivity index (χ0v) is 9.51. The Kier molecular flexibility index (Phi) is 3.31.